The number of epoxide rings is 1. The molecule has 3 aliphatic heterocycles. The molecule has 3 heterocycles. The van der Waals surface area contributed by atoms with Crippen LogP contribution in [-0.2, 0) is 23.8 Å². The molecule has 0 aromatic rings. The minimum Gasteiger partial charge on any atom is -0.458 e. The molecule has 5 aliphatic rings. The number of carbonyl (C=O) groups excluding carboxylic acids is 2. The van der Waals surface area contributed by atoms with E-state index in [0.717, 1.165) is 0 Å². The maximum absolute atomic E-state index is 12.4. The molecule has 2 aliphatic carbocycles. The van der Waals surface area contributed by atoms with E-state index in [1.165, 1.54) is 0 Å². The third-order valence-corrected chi connectivity index (χ3v) is 6.85. The van der Waals surface area contributed by atoms with E-state index in [9.17, 15) is 19.8 Å². The monoisotopic (exact) mass is 310 g/mol. The van der Waals surface area contributed by atoms with Crippen LogP contribution < -0.4 is 0 Å². The van der Waals surface area contributed by atoms with Crippen molar-refractivity contribution < 1.29 is 34.0 Å². The van der Waals surface area contributed by atoms with Crippen molar-refractivity contribution >= 4 is 11.9 Å². The Morgan fingerprint density at radius 2 is 1.95 bits per heavy atom. The minimum atomic E-state index is -1.47. The Morgan fingerprint density at radius 1 is 1.27 bits per heavy atom. The molecule has 3 saturated heterocycles. The van der Waals surface area contributed by atoms with Gasteiger partial charge in [0.25, 0.3) is 0 Å². The third kappa shape index (κ3) is 0.962. The lowest BCUT2D eigenvalue weighted by Crippen LogP contribution is -2.68. The molecule has 0 aromatic heterocycles. The summed E-state index contributed by atoms with van der Waals surface area (Å²) in [6.07, 6.45) is -1.78. The second-order valence-corrected chi connectivity index (χ2v) is 8.06. The van der Waals surface area contributed by atoms with Crippen LogP contribution in [0.5, 0.6) is 0 Å². The molecule has 2 bridgehead atoms. The van der Waals surface area contributed by atoms with Crippen LogP contribution in [0.25, 0.3) is 0 Å². The Labute approximate surface area is 126 Å². The summed E-state index contributed by atoms with van der Waals surface area (Å²) in [4.78, 5) is 24.8. The van der Waals surface area contributed by atoms with Gasteiger partial charge in [0.15, 0.2) is 6.10 Å². The van der Waals surface area contributed by atoms with Crippen molar-refractivity contribution in [1.29, 1.82) is 0 Å². The Kier molecular flexibility index (Phi) is 1.85. The van der Waals surface area contributed by atoms with Gasteiger partial charge in [0.05, 0.1) is 22.5 Å². The van der Waals surface area contributed by atoms with Crippen LogP contribution in [0.2, 0.25) is 0 Å². The Bertz CT molecular complexity index is 638. The van der Waals surface area contributed by atoms with Gasteiger partial charge in [-0.05, 0) is 20.8 Å². The van der Waals surface area contributed by atoms with E-state index >= 15 is 0 Å². The summed E-state index contributed by atoms with van der Waals surface area (Å²) < 4.78 is 16.5. The first-order valence-electron chi connectivity index (χ1n) is 7.63. The molecule has 7 heteroatoms. The van der Waals surface area contributed by atoms with Crippen molar-refractivity contribution in [3.8, 4) is 0 Å². The summed E-state index contributed by atoms with van der Waals surface area (Å²) in [5.41, 5.74) is -4.89. The molecular weight excluding hydrogens is 292 g/mol. The quantitative estimate of drug-likeness (QED) is 0.479. The second kappa shape index (κ2) is 3.07. The third-order valence-electron chi connectivity index (χ3n) is 6.85. The molecule has 0 unspecified atom stereocenters. The molecular formula is C15H18O7. The molecule has 2 N–H and O–H groups in total. The molecule has 5 fully saturated rings. The lowest BCUT2D eigenvalue weighted by molar-refractivity contribution is -0.223. The zero-order valence-corrected chi connectivity index (χ0v) is 12.5. The number of esters is 2. The highest BCUT2D eigenvalue weighted by Gasteiger charge is 2.95. The number of fused-ring (bicyclic) bond motifs is 4. The molecule has 120 valence electrons. The minimum absolute atomic E-state index is 0.189. The molecule has 22 heavy (non-hydrogen) atoms. The van der Waals surface area contributed by atoms with Gasteiger partial charge in [0.2, 0.25) is 5.60 Å². The predicted molar refractivity (Wildman–Crippen MR) is 68.3 cm³/mol. The van der Waals surface area contributed by atoms with Crippen molar-refractivity contribution in [2.75, 3.05) is 0 Å². The molecule has 8 atom stereocenters. The fourth-order valence-electron chi connectivity index (χ4n) is 5.83. The van der Waals surface area contributed by atoms with E-state index in [1.54, 1.807) is 20.8 Å². The number of carbonyl (C=O) groups is 2. The first kappa shape index (κ1) is 13.3. The average molecular weight is 310 g/mol. The first-order chi connectivity index (χ1) is 10.1. The van der Waals surface area contributed by atoms with E-state index < -0.39 is 64.3 Å². The fraction of sp³-hybridized carbons (Fsp3) is 0.867. The van der Waals surface area contributed by atoms with Crippen LogP contribution in [0.1, 0.15) is 27.2 Å². The van der Waals surface area contributed by atoms with E-state index in [4.69, 9.17) is 14.2 Å². The number of hydrogen-bond donors (Lipinski definition) is 2. The molecule has 1 spiro atoms. The predicted octanol–water partition coefficient (Wildman–Crippen LogP) is -0.867. The smallest absolute Gasteiger partial charge is 0.342 e. The topological polar surface area (TPSA) is 106 Å². The van der Waals surface area contributed by atoms with E-state index in [0.29, 0.717) is 0 Å². The van der Waals surface area contributed by atoms with Crippen molar-refractivity contribution in [3.63, 3.8) is 0 Å². The van der Waals surface area contributed by atoms with Crippen molar-refractivity contribution in [1.82, 2.24) is 0 Å². The summed E-state index contributed by atoms with van der Waals surface area (Å²) in [6, 6.07) is 0. The molecule has 5 rings (SSSR count). The van der Waals surface area contributed by atoms with Crippen molar-refractivity contribution in [2.45, 2.75) is 62.3 Å². The summed E-state index contributed by atoms with van der Waals surface area (Å²) in [5.74, 6) is -2.51. The van der Waals surface area contributed by atoms with Gasteiger partial charge in [0.1, 0.15) is 12.2 Å². The van der Waals surface area contributed by atoms with Crippen LogP contribution in [-0.4, -0.2) is 57.3 Å². The Balaban J connectivity index is 1.76. The number of rotatable bonds is 1. The van der Waals surface area contributed by atoms with E-state index in [2.05, 4.69) is 0 Å². The SMILES string of the molecule is CC(C)(O)[C@@H]1[C@H]2OC(=O)[C@H]1[C@]1(O)C[C@H]3O[C@]34C(=O)O[C@H]2[C@]14C. The summed E-state index contributed by atoms with van der Waals surface area (Å²) in [7, 11) is 0. The summed E-state index contributed by atoms with van der Waals surface area (Å²) in [6.45, 7) is 4.92. The van der Waals surface area contributed by atoms with Gasteiger partial charge in [0, 0.05) is 12.3 Å². The van der Waals surface area contributed by atoms with Gasteiger partial charge >= 0.3 is 11.9 Å². The van der Waals surface area contributed by atoms with Crippen molar-refractivity contribution in [3.05, 3.63) is 0 Å². The number of ether oxygens (including phenoxy) is 3. The average Bonchev–Trinajstić information content (AvgIpc) is 2.85. The zero-order valence-electron chi connectivity index (χ0n) is 12.5. The number of hydrogen-bond acceptors (Lipinski definition) is 7. The largest absolute Gasteiger partial charge is 0.458 e. The molecule has 0 aromatic carbocycles. The summed E-state index contributed by atoms with van der Waals surface area (Å²) in [5, 5.41) is 21.9. The lowest BCUT2D eigenvalue weighted by atomic mass is 9.52. The first-order valence-corrected chi connectivity index (χ1v) is 7.63. The van der Waals surface area contributed by atoms with Crippen LogP contribution >= 0.6 is 0 Å². The van der Waals surface area contributed by atoms with Gasteiger partial charge in [-0.15, -0.1) is 0 Å². The van der Waals surface area contributed by atoms with Crippen LogP contribution in [0.15, 0.2) is 0 Å². The Hall–Kier alpha value is -1.18. The van der Waals surface area contributed by atoms with Crippen LogP contribution in [0.3, 0.4) is 0 Å². The van der Waals surface area contributed by atoms with Crippen molar-refractivity contribution in [2.24, 2.45) is 17.3 Å². The van der Waals surface area contributed by atoms with Crippen LogP contribution in [0.4, 0.5) is 0 Å². The normalized spacial score (nSPS) is 60.7. The highest BCUT2D eigenvalue weighted by atomic mass is 16.7. The Morgan fingerprint density at radius 3 is 2.59 bits per heavy atom. The highest BCUT2D eigenvalue weighted by molar-refractivity contribution is 5.91. The van der Waals surface area contributed by atoms with E-state index in [1.807, 2.05) is 0 Å². The van der Waals surface area contributed by atoms with Gasteiger partial charge < -0.3 is 24.4 Å². The van der Waals surface area contributed by atoms with E-state index in [-0.39, 0.29) is 6.42 Å². The number of aliphatic hydroxyl groups is 2. The molecule has 0 radical (unpaired) electrons. The standard InChI is InChI=1S/C15H18O7/c1-12(2,18)6-7-10(16)20-8(6)9-13(3)14(7,19)4-5-15(13,22-5)11(17)21-9/h5-9,18-19H,4H2,1-3H3/t5-,6+,7+,8-,9-,13-,14-,15+/m1/s1. The zero-order chi connectivity index (χ0) is 15.9. The highest BCUT2D eigenvalue weighted by Crippen LogP contribution is 2.77. The summed E-state index contributed by atoms with van der Waals surface area (Å²) >= 11 is 0. The van der Waals surface area contributed by atoms with Gasteiger partial charge in [-0.2, -0.15) is 0 Å². The molecule has 0 amide bonds. The molecule has 2 saturated carbocycles. The fourth-order valence-corrected chi connectivity index (χ4v) is 5.83. The maximum atomic E-state index is 12.4. The maximum Gasteiger partial charge on any atom is 0.342 e. The van der Waals surface area contributed by atoms with Gasteiger partial charge in [-0.3, -0.25) is 4.79 Å². The lowest BCUT2D eigenvalue weighted by Gasteiger charge is -2.53. The van der Waals surface area contributed by atoms with Gasteiger partial charge in [-0.1, -0.05) is 0 Å². The second-order valence-electron chi connectivity index (χ2n) is 8.06. The van der Waals surface area contributed by atoms with Gasteiger partial charge in [-0.25, -0.2) is 4.79 Å². The molecule has 7 nitrogen and oxygen atoms in total. The van der Waals surface area contributed by atoms with Crippen LogP contribution in [0, 0.1) is 17.3 Å².